The molecule has 2 aliphatic heterocycles. The molecule has 10 nitrogen and oxygen atoms in total. The van der Waals surface area contributed by atoms with Gasteiger partial charge in [-0.15, -0.1) is 5.10 Å². The van der Waals surface area contributed by atoms with Crippen LogP contribution in [0, 0.1) is 24.5 Å². The van der Waals surface area contributed by atoms with E-state index in [4.69, 9.17) is 14.3 Å². The highest BCUT2D eigenvalue weighted by Crippen LogP contribution is 2.45. The fraction of sp³-hybridized carbons (Fsp3) is 0.679. The van der Waals surface area contributed by atoms with Gasteiger partial charge in [0.1, 0.15) is 35.6 Å². The number of methoxy groups -OCH3 is 1. The number of rotatable bonds is 7. The maximum Gasteiger partial charge on any atom is 0.168 e. The molecule has 220 valence electrons. The maximum absolute atomic E-state index is 14.6. The molecule has 2 fully saturated rings. The molecule has 1 aliphatic carbocycles. The van der Waals surface area contributed by atoms with Gasteiger partial charge in [-0.05, 0) is 64.0 Å². The van der Waals surface area contributed by atoms with Crippen LogP contribution in [0.4, 0.5) is 8.78 Å². The second-order valence-corrected chi connectivity index (χ2v) is 12.0. The first-order chi connectivity index (χ1) is 19.0. The van der Waals surface area contributed by atoms with Crippen LogP contribution in [0.15, 0.2) is 23.5 Å². The van der Waals surface area contributed by atoms with Crippen molar-refractivity contribution >= 4 is 5.71 Å². The van der Waals surface area contributed by atoms with Gasteiger partial charge in [-0.25, -0.2) is 13.5 Å². The van der Waals surface area contributed by atoms with E-state index in [2.05, 4.69) is 15.5 Å². The Hall–Kier alpha value is -2.51. The molecule has 0 unspecified atom stereocenters. The summed E-state index contributed by atoms with van der Waals surface area (Å²) in [7, 11) is 1.49. The standard InChI is InChI=1S/C28H38F2N4O6/c1-15-5-6-18(23(30)22(15)29)19-13-34(33-31-19)24-25(36)21(14-35)39-20(26(24)38-4)11-17-12-28(40-32-17)9-7-16(8-10-28)27(2,3)37/h5-6,13,16,20-21,24-26,35-37H,7-12,14H2,1-4H3/t16?,20-,21-,24+,25+,26+,28?/m1/s1. The molecule has 1 spiro atoms. The molecule has 0 bridgehead atoms. The Morgan fingerprint density at radius 3 is 2.55 bits per heavy atom. The number of aliphatic hydroxyl groups is 3. The summed E-state index contributed by atoms with van der Waals surface area (Å²) < 4.78 is 42.1. The van der Waals surface area contributed by atoms with Gasteiger partial charge in [-0.2, -0.15) is 0 Å². The normalized spacial score (nSPS) is 32.8. The van der Waals surface area contributed by atoms with Gasteiger partial charge in [-0.1, -0.05) is 16.4 Å². The Bertz CT molecular complexity index is 1240. The van der Waals surface area contributed by atoms with Gasteiger partial charge in [0.05, 0.1) is 30.2 Å². The largest absolute Gasteiger partial charge is 0.394 e. The lowest BCUT2D eigenvalue weighted by Gasteiger charge is -2.43. The lowest BCUT2D eigenvalue weighted by Crippen LogP contribution is -2.57. The second kappa shape index (κ2) is 11.1. The summed E-state index contributed by atoms with van der Waals surface area (Å²) >= 11 is 0. The molecule has 40 heavy (non-hydrogen) atoms. The predicted molar refractivity (Wildman–Crippen MR) is 140 cm³/mol. The molecule has 3 aliphatic rings. The van der Waals surface area contributed by atoms with Crippen molar-refractivity contribution in [3.8, 4) is 11.3 Å². The topological polar surface area (TPSA) is 131 Å². The van der Waals surface area contributed by atoms with Crippen molar-refractivity contribution in [1.82, 2.24) is 15.0 Å². The number of halogens is 2. The van der Waals surface area contributed by atoms with E-state index >= 15 is 0 Å². The zero-order valence-corrected chi connectivity index (χ0v) is 23.3. The Morgan fingerprint density at radius 1 is 1.18 bits per heavy atom. The minimum absolute atomic E-state index is 0.0535. The highest BCUT2D eigenvalue weighted by molar-refractivity contribution is 5.86. The molecule has 1 saturated carbocycles. The van der Waals surface area contributed by atoms with Crippen molar-refractivity contribution in [2.45, 2.75) is 101 Å². The van der Waals surface area contributed by atoms with E-state index in [0.29, 0.717) is 12.8 Å². The van der Waals surface area contributed by atoms with Gasteiger partial charge in [0, 0.05) is 25.5 Å². The summed E-state index contributed by atoms with van der Waals surface area (Å²) in [6, 6.07) is 2.05. The van der Waals surface area contributed by atoms with Crippen LogP contribution in [0.5, 0.6) is 0 Å². The van der Waals surface area contributed by atoms with Crippen molar-refractivity contribution in [3.63, 3.8) is 0 Å². The van der Waals surface area contributed by atoms with Gasteiger partial charge >= 0.3 is 0 Å². The molecule has 0 radical (unpaired) electrons. The molecular weight excluding hydrogens is 526 g/mol. The highest BCUT2D eigenvalue weighted by Gasteiger charge is 2.50. The third-order valence-electron chi connectivity index (χ3n) is 8.83. The minimum atomic E-state index is -1.22. The third kappa shape index (κ3) is 5.39. The molecule has 1 aromatic heterocycles. The van der Waals surface area contributed by atoms with E-state index in [-0.39, 0.29) is 22.7 Å². The van der Waals surface area contributed by atoms with Crippen LogP contribution in [0.25, 0.3) is 11.3 Å². The SMILES string of the molecule is CO[C@@H]1[C@@H](n2cc(-c3ccc(C)c(F)c3F)nn2)[C@@H](O)[C@@H](CO)O[C@@H]1CC1=NOC2(CCC(C(C)(C)O)CC2)C1. The first kappa shape index (κ1) is 29.0. The van der Waals surface area contributed by atoms with E-state index < -0.39 is 59.9 Å². The van der Waals surface area contributed by atoms with Gasteiger partial charge in [0.15, 0.2) is 11.6 Å². The van der Waals surface area contributed by atoms with Crippen LogP contribution in [0.3, 0.4) is 0 Å². The molecule has 12 heteroatoms. The number of aromatic nitrogens is 3. The predicted octanol–water partition coefficient (Wildman–Crippen LogP) is 3.07. The summed E-state index contributed by atoms with van der Waals surface area (Å²) in [4.78, 5) is 5.95. The molecule has 5 rings (SSSR count). The summed E-state index contributed by atoms with van der Waals surface area (Å²) in [5, 5.41) is 44.0. The fourth-order valence-electron chi connectivity index (χ4n) is 6.38. The average Bonchev–Trinajstić information content (AvgIpc) is 3.55. The lowest BCUT2D eigenvalue weighted by atomic mass is 9.71. The number of aliphatic hydroxyl groups excluding tert-OH is 2. The highest BCUT2D eigenvalue weighted by atomic mass is 19.2. The summed E-state index contributed by atoms with van der Waals surface area (Å²) in [5.74, 6) is -1.78. The molecule has 1 aromatic carbocycles. The number of nitrogens with zero attached hydrogens (tertiary/aromatic N) is 4. The van der Waals surface area contributed by atoms with Crippen LogP contribution < -0.4 is 0 Å². The van der Waals surface area contributed by atoms with Crippen LogP contribution in [-0.2, 0) is 14.3 Å². The summed E-state index contributed by atoms with van der Waals surface area (Å²) in [6.07, 6.45) is 2.14. The van der Waals surface area contributed by atoms with E-state index in [0.717, 1.165) is 31.4 Å². The van der Waals surface area contributed by atoms with E-state index in [9.17, 15) is 24.1 Å². The van der Waals surface area contributed by atoms with Crippen LogP contribution in [0.2, 0.25) is 0 Å². The van der Waals surface area contributed by atoms with Gasteiger partial charge in [-0.3, -0.25) is 0 Å². The number of oxime groups is 1. The van der Waals surface area contributed by atoms with E-state index in [1.807, 2.05) is 13.8 Å². The molecular formula is C28H38F2N4O6. The van der Waals surface area contributed by atoms with Crippen molar-refractivity contribution in [2.24, 2.45) is 11.1 Å². The van der Waals surface area contributed by atoms with Crippen molar-refractivity contribution in [2.75, 3.05) is 13.7 Å². The van der Waals surface area contributed by atoms with E-state index in [1.54, 1.807) is 0 Å². The zero-order chi connectivity index (χ0) is 28.8. The lowest BCUT2D eigenvalue weighted by molar-refractivity contribution is -0.210. The van der Waals surface area contributed by atoms with Crippen LogP contribution >= 0.6 is 0 Å². The minimum Gasteiger partial charge on any atom is -0.394 e. The van der Waals surface area contributed by atoms with Gasteiger partial charge in [0.25, 0.3) is 0 Å². The fourth-order valence-corrected chi connectivity index (χ4v) is 6.38. The quantitative estimate of drug-likeness (QED) is 0.468. The molecule has 0 amide bonds. The number of hydrogen-bond donors (Lipinski definition) is 3. The third-order valence-corrected chi connectivity index (χ3v) is 8.83. The number of ether oxygens (including phenoxy) is 2. The molecule has 5 atom stereocenters. The van der Waals surface area contributed by atoms with Crippen molar-refractivity contribution in [3.05, 3.63) is 35.5 Å². The Morgan fingerprint density at radius 2 is 1.90 bits per heavy atom. The number of aryl methyl sites for hydroxylation is 1. The first-order valence-electron chi connectivity index (χ1n) is 13.8. The van der Waals surface area contributed by atoms with Crippen LogP contribution in [-0.4, -0.2) is 85.4 Å². The van der Waals surface area contributed by atoms with Gasteiger partial charge in [0.2, 0.25) is 0 Å². The second-order valence-electron chi connectivity index (χ2n) is 12.0. The van der Waals surface area contributed by atoms with Crippen LogP contribution in [0.1, 0.15) is 64.0 Å². The molecule has 3 heterocycles. The van der Waals surface area contributed by atoms with E-state index in [1.165, 1.54) is 37.0 Å². The monoisotopic (exact) mass is 564 g/mol. The first-order valence-corrected chi connectivity index (χ1v) is 13.8. The maximum atomic E-state index is 14.6. The summed E-state index contributed by atoms with van der Waals surface area (Å²) in [6.45, 7) is 4.70. The number of benzene rings is 1. The smallest absolute Gasteiger partial charge is 0.168 e. The molecule has 3 N–H and O–H groups in total. The zero-order valence-electron chi connectivity index (χ0n) is 23.3. The Labute approximate surface area is 231 Å². The Balaban J connectivity index is 1.34. The van der Waals surface area contributed by atoms with Gasteiger partial charge < -0.3 is 29.6 Å². The molecule has 2 aromatic rings. The number of hydrogen-bond acceptors (Lipinski definition) is 9. The van der Waals surface area contributed by atoms with Crippen molar-refractivity contribution < 1.29 is 38.4 Å². The average molecular weight is 565 g/mol. The van der Waals surface area contributed by atoms with Crippen molar-refractivity contribution in [1.29, 1.82) is 0 Å². The molecule has 1 saturated heterocycles. The summed E-state index contributed by atoms with van der Waals surface area (Å²) in [5.41, 5.74) is -0.134. The Kier molecular flexibility index (Phi) is 8.01.